The molecule has 0 fully saturated rings. The first-order chi connectivity index (χ1) is 6.24. The maximum Gasteiger partial charge on any atom is 0.0518 e. The normalized spacial score (nSPS) is 10.9. The maximum atomic E-state index is 6.06. The van der Waals surface area contributed by atoms with Crippen molar-refractivity contribution >= 4 is 38.7 Å². The minimum atomic E-state index is 0.756. The average Bonchev–Trinajstić information content (AvgIpc) is 2.50. The molecular formula is C10H10ClNS. The largest absolute Gasteiger partial charge is 0.398 e. The van der Waals surface area contributed by atoms with Gasteiger partial charge >= 0.3 is 0 Å². The van der Waals surface area contributed by atoms with Crippen molar-refractivity contribution in [3.8, 4) is 0 Å². The molecule has 68 valence electrons. The molecule has 0 amide bonds. The second-order valence-electron chi connectivity index (χ2n) is 2.96. The Morgan fingerprint density at radius 1 is 1.46 bits per heavy atom. The van der Waals surface area contributed by atoms with Gasteiger partial charge in [0.25, 0.3) is 0 Å². The molecule has 0 aliphatic rings. The van der Waals surface area contributed by atoms with Gasteiger partial charge in [-0.1, -0.05) is 24.6 Å². The summed E-state index contributed by atoms with van der Waals surface area (Å²) in [5.41, 5.74) is 7.94. The minimum absolute atomic E-state index is 0.756. The van der Waals surface area contributed by atoms with E-state index in [0.29, 0.717) is 0 Å². The van der Waals surface area contributed by atoms with Gasteiger partial charge in [0.2, 0.25) is 0 Å². The second-order valence-corrected chi connectivity index (χ2v) is 4.24. The van der Waals surface area contributed by atoms with E-state index in [2.05, 4.69) is 13.0 Å². The first-order valence-corrected chi connectivity index (χ1v) is 5.44. The van der Waals surface area contributed by atoms with Crippen molar-refractivity contribution in [2.45, 2.75) is 13.3 Å². The van der Waals surface area contributed by atoms with Crippen LogP contribution < -0.4 is 5.73 Å². The molecule has 2 N–H and O–H groups in total. The van der Waals surface area contributed by atoms with Gasteiger partial charge in [-0.15, -0.1) is 11.3 Å². The fourth-order valence-corrected chi connectivity index (χ4v) is 2.86. The highest BCUT2D eigenvalue weighted by Gasteiger charge is 2.08. The number of benzene rings is 1. The molecule has 0 unspecified atom stereocenters. The standard InChI is InChI=1S/C10H10ClNS/c1-2-6-3-4-7(11)9-8(12)5-13-10(6)9/h3-5H,2,12H2,1H3. The van der Waals surface area contributed by atoms with Gasteiger partial charge in [0.1, 0.15) is 0 Å². The number of hydrogen-bond acceptors (Lipinski definition) is 2. The molecule has 2 aromatic rings. The molecule has 0 bridgehead atoms. The number of hydrogen-bond donors (Lipinski definition) is 1. The molecule has 13 heavy (non-hydrogen) atoms. The van der Waals surface area contributed by atoms with E-state index in [-0.39, 0.29) is 0 Å². The van der Waals surface area contributed by atoms with Crippen LogP contribution in [0.2, 0.25) is 5.02 Å². The van der Waals surface area contributed by atoms with Crippen molar-refractivity contribution in [1.29, 1.82) is 0 Å². The fraction of sp³-hybridized carbons (Fsp3) is 0.200. The topological polar surface area (TPSA) is 26.0 Å². The van der Waals surface area contributed by atoms with E-state index >= 15 is 0 Å². The van der Waals surface area contributed by atoms with E-state index in [9.17, 15) is 0 Å². The Labute approximate surface area is 86.1 Å². The summed E-state index contributed by atoms with van der Waals surface area (Å²) in [7, 11) is 0. The van der Waals surface area contributed by atoms with Gasteiger partial charge in [0, 0.05) is 15.5 Å². The molecule has 1 aromatic carbocycles. The third-order valence-corrected chi connectivity index (χ3v) is 3.55. The summed E-state index contributed by atoms with van der Waals surface area (Å²) < 4.78 is 1.23. The van der Waals surface area contributed by atoms with E-state index in [1.54, 1.807) is 11.3 Å². The Morgan fingerprint density at radius 2 is 2.23 bits per heavy atom. The Kier molecular flexibility index (Phi) is 2.18. The summed E-state index contributed by atoms with van der Waals surface area (Å²) in [6, 6.07) is 3.99. The molecule has 1 nitrogen and oxygen atoms in total. The summed E-state index contributed by atoms with van der Waals surface area (Å²) in [5.74, 6) is 0. The number of fused-ring (bicyclic) bond motifs is 1. The zero-order valence-electron chi connectivity index (χ0n) is 7.30. The van der Waals surface area contributed by atoms with Crippen molar-refractivity contribution in [3.63, 3.8) is 0 Å². The molecular weight excluding hydrogens is 202 g/mol. The lowest BCUT2D eigenvalue weighted by Crippen LogP contribution is -1.84. The molecule has 3 heteroatoms. The first kappa shape index (κ1) is 8.85. The fourth-order valence-electron chi connectivity index (χ4n) is 1.47. The average molecular weight is 212 g/mol. The van der Waals surface area contributed by atoms with Gasteiger partial charge in [-0.05, 0) is 18.1 Å². The van der Waals surface area contributed by atoms with E-state index in [1.807, 2.05) is 11.4 Å². The van der Waals surface area contributed by atoms with Crippen molar-refractivity contribution in [3.05, 3.63) is 28.1 Å². The third-order valence-electron chi connectivity index (χ3n) is 2.16. The van der Waals surface area contributed by atoms with Crippen LogP contribution in [0, 0.1) is 0 Å². The molecule has 0 aliphatic heterocycles. The van der Waals surface area contributed by atoms with E-state index < -0.39 is 0 Å². The van der Waals surface area contributed by atoms with Gasteiger partial charge in [-0.25, -0.2) is 0 Å². The van der Waals surface area contributed by atoms with Crippen LogP contribution in [-0.2, 0) is 6.42 Å². The van der Waals surface area contributed by atoms with Crippen LogP contribution in [0.3, 0.4) is 0 Å². The van der Waals surface area contributed by atoms with Crippen LogP contribution in [0.1, 0.15) is 12.5 Å². The number of nitrogen functional groups attached to an aromatic ring is 1. The number of thiophene rings is 1. The molecule has 2 rings (SSSR count). The van der Waals surface area contributed by atoms with E-state index in [0.717, 1.165) is 22.5 Å². The van der Waals surface area contributed by atoms with Crippen molar-refractivity contribution in [2.75, 3.05) is 5.73 Å². The quantitative estimate of drug-likeness (QED) is 0.765. The molecule has 1 aromatic heterocycles. The molecule has 0 saturated carbocycles. The summed E-state index contributed by atoms with van der Waals surface area (Å²) >= 11 is 7.73. The van der Waals surface area contributed by atoms with Gasteiger partial charge in [0.15, 0.2) is 0 Å². The van der Waals surface area contributed by atoms with Crippen LogP contribution >= 0.6 is 22.9 Å². The Bertz CT molecular complexity index is 447. The lowest BCUT2D eigenvalue weighted by Gasteiger charge is -2.01. The summed E-state index contributed by atoms with van der Waals surface area (Å²) in [4.78, 5) is 0. The summed E-state index contributed by atoms with van der Waals surface area (Å²) in [5, 5.41) is 3.73. The van der Waals surface area contributed by atoms with Gasteiger partial charge < -0.3 is 5.73 Å². The van der Waals surface area contributed by atoms with Gasteiger partial charge in [-0.2, -0.15) is 0 Å². The van der Waals surface area contributed by atoms with E-state index in [4.69, 9.17) is 17.3 Å². The Balaban J connectivity index is 2.87. The third kappa shape index (κ3) is 1.30. The second kappa shape index (κ2) is 3.20. The first-order valence-electron chi connectivity index (χ1n) is 4.18. The molecule has 0 saturated heterocycles. The SMILES string of the molecule is CCc1ccc(Cl)c2c(N)csc12. The number of anilines is 1. The van der Waals surface area contributed by atoms with E-state index in [1.165, 1.54) is 10.3 Å². The lowest BCUT2D eigenvalue weighted by molar-refractivity contribution is 1.16. The predicted molar refractivity (Wildman–Crippen MR) is 60.6 cm³/mol. The lowest BCUT2D eigenvalue weighted by atomic mass is 10.1. The maximum absolute atomic E-state index is 6.06. The predicted octanol–water partition coefficient (Wildman–Crippen LogP) is 3.70. The molecule has 0 aliphatic carbocycles. The highest BCUT2D eigenvalue weighted by molar-refractivity contribution is 7.18. The minimum Gasteiger partial charge on any atom is -0.398 e. The van der Waals surface area contributed by atoms with Crippen molar-refractivity contribution in [2.24, 2.45) is 0 Å². The highest BCUT2D eigenvalue weighted by atomic mass is 35.5. The molecule has 0 spiro atoms. The van der Waals surface area contributed by atoms with Gasteiger partial charge in [0.05, 0.1) is 10.7 Å². The monoisotopic (exact) mass is 211 g/mol. The number of halogens is 1. The smallest absolute Gasteiger partial charge is 0.0518 e. The molecule has 1 heterocycles. The van der Waals surface area contributed by atoms with Crippen molar-refractivity contribution in [1.82, 2.24) is 0 Å². The van der Waals surface area contributed by atoms with Gasteiger partial charge in [-0.3, -0.25) is 0 Å². The molecule has 0 atom stereocenters. The van der Waals surface area contributed by atoms with Crippen LogP contribution in [-0.4, -0.2) is 0 Å². The number of nitrogens with two attached hydrogens (primary N) is 1. The van der Waals surface area contributed by atoms with Crippen LogP contribution in [0.15, 0.2) is 17.5 Å². The highest BCUT2D eigenvalue weighted by Crippen LogP contribution is 2.36. The zero-order valence-corrected chi connectivity index (χ0v) is 8.88. The Morgan fingerprint density at radius 3 is 2.92 bits per heavy atom. The van der Waals surface area contributed by atoms with Crippen LogP contribution in [0.4, 0.5) is 5.69 Å². The zero-order chi connectivity index (χ0) is 9.42. The summed E-state index contributed by atoms with van der Waals surface area (Å²) in [6.45, 7) is 2.14. The van der Waals surface area contributed by atoms with Crippen LogP contribution in [0.25, 0.3) is 10.1 Å². The van der Waals surface area contributed by atoms with Crippen molar-refractivity contribution < 1.29 is 0 Å². The van der Waals surface area contributed by atoms with Crippen LogP contribution in [0.5, 0.6) is 0 Å². The number of rotatable bonds is 1. The Hall–Kier alpha value is -0.730. The molecule has 0 radical (unpaired) electrons. The number of aryl methyl sites for hydroxylation is 1. The summed E-state index contributed by atoms with van der Waals surface area (Å²) in [6.07, 6.45) is 1.02.